The first-order valence-corrected chi connectivity index (χ1v) is 32.3. The maximum Gasteiger partial charge on any atom is 0.306 e. The number of unbranched alkanes of at least 4 members (excludes halogenated alkanes) is 22. The molecule has 446 valence electrons. The van der Waals surface area contributed by atoms with Gasteiger partial charge in [0.2, 0.25) is 0 Å². The van der Waals surface area contributed by atoms with E-state index in [1.165, 1.54) is 96.3 Å². The Kier molecular flexibility index (Phi) is 61.9. The van der Waals surface area contributed by atoms with Gasteiger partial charge in [-0.15, -0.1) is 0 Å². The van der Waals surface area contributed by atoms with Crippen molar-refractivity contribution in [3.05, 3.63) is 146 Å². The average Bonchev–Trinajstić information content (AvgIpc) is 3.45. The predicted octanol–water partition coefficient (Wildman–Crippen LogP) is 22.3. The molecule has 0 aliphatic rings. The summed E-state index contributed by atoms with van der Waals surface area (Å²) in [4.78, 5) is 38.4. The lowest BCUT2D eigenvalue weighted by atomic mass is 10.1. The topological polar surface area (TPSA) is 78.9 Å². The summed E-state index contributed by atoms with van der Waals surface area (Å²) in [5.74, 6) is -0.967. The Morgan fingerprint density at radius 2 is 0.494 bits per heavy atom. The van der Waals surface area contributed by atoms with E-state index in [1.54, 1.807) is 0 Å². The molecule has 1 atom stereocenters. The Balaban J connectivity index is 4.52. The molecule has 0 amide bonds. The minimum Gasteiger partial charge on any atom is -0.462 e. The largest absolute Gasteiger partial charge is 0.462 e. The fourth-order valence-corrected chi connectivity index (χ4v) is 8.53. The summed E-state index contributed by atoms with van der Waals surface area (Å²) in [7, 11) is 0. The van der Waals surface area contributed by atoms with Gasteiger partial charge < -0.3 is 14.2 Å². The number of rotatable bonds is 57. The first-order valence-electron chi connectivity index (χ1n) is 32.3. The summed E-state index contributed by atoms with van der Waals surface area (Å²) in [5, 5.41) is 0. The van der Waals surface area contributed by atoms with Crippen molar-refractivity contribution in [2.24, 2.45) is 0 Å². The number of hydrogen-bond acceptors (Lipinski definition) is 6. The van der Waals surface area contributed by atoms with Crippen LogP contribution in [0.3, 0.4) is 0 Å². The second-order valence-electron chi connectivity index (χ2n) is 20.9. The number of allylic oxidation sites excluding steroid dienone is 24. The molecule has 79 heavy (non-hydrogen) atoms. The van der Waals surface area contributed by atoms with Crippen LogP contribution in [0.1, 0.15) is 278 Å². The van der Waals surface area contributed by atoms with E-state index in [2.05, 4.69) is 167 Å². The minimum absolute atomic E-state index is 0.106. The van der Waals surface area contributed by atoms with Crippen LogP contribution in [-0.4, -0.2) is 37.2 Å². The normalized spacial score (nSPS) is 13.1. The highest BCUT2D eigenvalue weighted by molar-refractivity contribution is 5.71. The lowest BCUT2D eigenvalue weighted by Crippen LogP contribution is -2.30. The summed E-state index contributed by atoms with van der Waals surface area (Å²) in [6.07, 6.45) is 94.2. The van der Waals surface area contributed by atoms with Gasteiger partial charge in [0.15, 0.2) is 6.10 Å². The SMILES string of the molecule is CC/C=C\C/C=C\C/C=C\C/C=C\C/C=C\C/C=C\CCCCC(=O)OCC(COC(=O)CCCCCCCC/C=C\C/C=C\C/C=C\C/C=C\CC)OC(=O)CCCCCCCCCCC/C=C\C/C=C\CCCCCCC. The molecule has 6 nitrogen and oxygen atoms in total. The molecule has 0 aromatic carbocycles. The van der Waals surface area contributed by atoms with Crippen molar-refractivity contribution in [2.45, 2.75) is 284 Å². The zero-order chi connectivity index (χ0) is 57.1. The Labute approximate surface area is 487 Å². The van der Waals surface area contributed by atoms with Gasteiger partial charge in [0.1, 0.15) is 13.2 Å². The van der Waals surface area contributed by atoms with Crippen LogP contribution in [0.15, 0.2) is 146 Å². The number of ether oxygens (including phenoxy) is 3. The molecule has 0 aromatic rings. The highest BCUT2D eigenvalue weighted by Crippen LogP contribution is 2.15. The maximum absolute atomic E-state index is 12.9. The highest BCUT2D eigenvalue weighted by Gasteiger charge is 2.19. The molecule has 0 aromatic heterocycles. The Morgan fingerprint density at radius 1 is 0.266 bits per heavy atom. The average molecular weight is 1090 g/mol. The first kappa shape index (κ1) is 74.3. The molecule has 0 aliphatic carbocycles. The van der Waals surface area contributed by atoms with E-state index in [0.29, 0.717) is 25.7 Å². The third kappa shape index (κ3) is 64.0. The quantitative estimate of drug-likeness (QED) is 0.0261. The molecule has 0 saturated carbocycles. The van der Waals surface area contributed by atoms with Crippen molar-refractivity contribution in [1.29, 1.82) is 0 Å². The minimum atomic E-state index is -0.813. The Bertz CT molecular complexity index is 1730. The van der Waals surface area contributed by atoms with E-state index in [0.717, 1.165) is 135 Å². The number of esters is 3. The number of carbonyl (C=O) groups is 3. The van der Waals surface area contributed by atoms with Crippen LogP contribution in [0, 0.1) is 0 Å². The summed E-state index contributed by atoms with van der Waals surface area (Å²) in [5.41, 5.74) is 0. The van der Waals surface area contributed by atoms with Crippen LogP contribution >= 0.6 is 0 Å². The second kappa shape index (κ2) is 65.8. The van der Waals surface area contributed by atoms with E-state index >= 15 is 0 Å². The molecular formula is C73H118O6. The molecule has 0 heterocycles. The van der Waals surface area contributed by atoms with Gasteiger partial charge in [0.05, 0.1) is 0 Å². The standard InChI is InChI=1S/C73H118O6/c1-4-7-10-13-16-19-22-25-28-31-34-36-39-42-45-48-51-54-57-60-63-66-72(75)78-69-70(68-77-71(74)65-62-59-56-53-50-47-44-41-38-33-30-27-24-21-18-15-12-9-6-3)79-73(76)67-64-61-58-55-52-49-46-43-40-37-35-32-29-26-23-20-17-14-11-8-5-2/h7,9-10,12,16,18-19,21,23,25-28,30,32,34-36,38,41-42,45,51,54,70H,4-6,8,11,13-15,17,20,22,24,29,31,33,37,39-40,43-44,46-50,52-53,55-69H2,1-3H3/b10-7-,12-9-,19-16-,21-18-,26-23-,28-25-,30-27-,35-32-,36-34-,41-38-,45-42-,54-51-. The van der Waals surface area contributed by atoms with Crippen molar-refractivity contribution in [3.63, 3.8) is 0 Å². The number of carbonyl (C=O) groups excluding carboxylic acids is 3. The predicted molar refractivity (Wildman–Crippen MR) is 343 cm³/mol. The van der Waals surface area contributed by atoms with Gasteiger partial charge in [-0.2, -0.15) is 0 Å². The van der Waals surface area contributed by atoms with Gasteiger partial charge in [-0.1, -0.05) is 263 Å². The second-order valence-corrected chi connectivity index (χ2v) is 20.9. The summed E-state index contributed by atoms with van der Waals surface area (Å²) in [6, 6.07) is 0. The Hall–Kier alpha value is -4.71. The van der Waals surface area contributed by atoms with E-state index in [1.807, 2.05) is 0 Å². The molecule has 0 saturated heterocycles. The van der Waals surface area contributed by atoms with Crippen LogP contribution in [-0.2, 0) is 28.6 Å². The van der Waals surface area contributed by atoms with Crippen LogP contribution in [0.2, 0.25) is 0 Å². The fourth-order valence-electron chi connectivity index (χ4n) is 8.53. The smallest absolute Gasteiger partial charge is 0.306 e. The Morgan fingerprint density at radius 3 is 0.797 bits per heavy atom. The van der Waals surface area contributed by atoms with Gasteiger partial charge in [-0.25, -0.2) is 0 Å². The van der Waals surface area contributed by atoms with Crippen molar-refractivity contribution < 1.29 is 28.6 Å². The van der Waals surface area contributed by atoms with Crippen molar-refractivity contribution in [1.82, 2.24) is 0 Å². The molecule has 0 radical (unpaired) electrons. The molecule has 0 N–H and O–H groups in total. The first-order chi connectivity index (χ1) is 39.0. The van der Waals surface area contributed by atoms with Crippen molar-refractivity contribution >= 4 is 17.9 Å². The zero-order valence-corrected chi connectivity index (χ0v) is 51.1. The monoisotopic (exact) mass is 1090 g/mol. The van der Waals surface area contributed by atoms with Crippen LogP contribution < -0.4 is 0 Å². The van der Waals surface area contributed by atoms with Crippen LogP contribution in [0.25, 0.3) is 0 Å². The van der Waals surface area contributed by atoms with E-state index in [-0.39, 0.29) is 31.1 Å². The molecular weight excluding hydrogens is 973 g/mol. The van der Waals surface area contributed by atoms with E-state index < -0.39 is 6.10 Å². The molecule has 0 fully saturated rings. The summed E-state index contributed by atoms with van der Waals surface area (Å²) in [6.45, 7) is 6.36. The van der Waals surface area contributed by atoms with Gasteiger partial charge in [-0.3, -0.25) is 14.4 Å². The van der Waals surface area contributed by atoms with Gasteiger partial charge in [0, 0.05) is 19.3 Å². The third-order valence-electron chi connectivity index (χ3n) is 13.3. The number of hydrogen-bond donors (Lipinski definition) is 0. The summed E-state index contributed by atoms with van der Waals surface area (Å²) < 4.78 is 16.9. The van der Waals surface area contributed by atoms with Gasteiger partial charge in [0.25, 0.3) is 0 Å². The fraction of sp³-hybridized carbons (Fsp3) is 0.630. The summed E-state index contributed by atoms with van der Waals surface area (Å²) >= 11 is 0. The van der Waals surface area contributed by atoms with Gasteiger partial charge in [-0.05, 0) is 141 Å². The molecule has 0 aliphatic heterocycles. The van der Waals surface area contributed by atoms with Crippen LogP contribution in [0.5, 0.6) is 0 Å². The highest BCUT2D eigenvalue weighted by atomic mass is 16.6. The van der Waals surface area contributed by atoms with Crippen molar-refractivity contribution in [3.8, 4) is 0 Å². The van der Waals surface area contributed by atoms with Gasteiger partial charge >= 0.3 is 17.9 Å². The van der Waals surface area contributed by atoms with E-state index in [9.17, 15) is 14.4 Å². The third-order valence-corrected chi connectivity index (χ3v) is 13.3. The van der Waals surface area contributed by atoms with Crippen molar-refractivity contribution in [2.75, 3.05) is 13.2 Å². The lowest BCUT2D eigenvalue weighted by molar-refractivity contribution is -0.167. The molecule has 1 unspecified atom stereocenters. The van der Waals surface area contributed by atoms with E-state index in [4.69, 9.17) is 14.2 Å². The van der Waals surface area contributed by atoms with Crippen LogP contribution in [0.4, 0.5) is 0 Å². The molecule has 0 rings (SSSR count). The maximum atomic E-state index is 12.9. The molecule has 0 spiro atoms. The molecule has 0 bridgehead atoms. The lowest BCUT2D eigenvalue weighted by Gasteiger charge is -2.18. The zero-order valence-electron chi connectivity index (χ0n) is 51.1. The molecule has 6 heteroatoms.